The number of nitrogens with zero attached hydrogens (tertiary/aromatic N) is 1. The molecule has 1 aliphatic rings. The lowest BCUT2D eigenvalue weighted by atomic mass is 9.91. The average molecular weight is 322 g/mol. The second kappa shape index (κ2) is 6.04. The van der Waals surface area contributed by atoms with E-state index < -0.39 is 11.7 Å². The minimum absolute atomic E-state index is 0.280. The lowest BCUT2D eigenvalue weighted by molar-refractivity contribution is 0.0999. The van der Waals surface area contributed by atoms with Crippen molar-refractivity contribution in [1.82, 2.24) is 4.98 Å². The lowest BCUT2D eigenvalue weighted by Gasteiger charge is -2.14. The molecule has 0 fully saturated rings. The van der Waals surface area contributed by atoms with E-state index in [1.807, 2.05) is 26.0 Å². The lowest BCUT2D eigenvalue weighted by Crippen LogP contribution is -2.16. The Hall–Kier alpha value is -2.75. The molecule has 3 nitrogen and oxygen atoms in total. The van der Waals surface area contributed by atoms with Crippen LogP contribution >= 0.6 is 0 Å². The third-order valence-corrected chi connectivity index (χ3v) is 4.65. The molecule has 0 spiro atoms. The third kappa shape index (κ3) is 2.64. The van der Waals surface area contributed by atoms with Gasteiger partial charge >= 0.3 is 0 Å². The zero-order valence-electron chi connectivity index (χ0n) is 13.8. The molecule has 4 heteroatoms. The highest BCUT2D eigenvalue weighted by molar-refractivity contribution is 5.97. The number of aromatic nitrogens is 1. The molecule has 0 saturated carbocycles. The van der Waals surface area contributed by atoms with Gasteiger partial charge in [0.1, 0.15) is 5.82 Å². The Morgan fingerprint density at radius 1 is 1.42 bits per heavy atom. The van der Waals surface area contributed by atoms with Gasteiger partial charge in [0.2, 0.25) is 5.91 Å². The Morgan fingerprint density at radius 3 is 2.75 bits per heavy atom. The van der Waals surface area contributed by atoms with Gasteiger partial charge in [-0.25, -0.2) is 4.39 Å². The van der Waals surface area contributed by atoms with Gasteiger partial charge in [0.05, 0.1) is 5.69 Å². The zero-order valence-corrected chi connectivity index (χ0v) is 13.8. The summed E-state index contributed by atoms with van der Waals surface area (Å²) in [6.07, 6.45) is 4.45. The maximum absolute atomic E-state index is 14.7. The maximum atomic E-state index is 14.7. The van der Waals surface area contributed by atoms with Crippen LogP contribution in [0.1, 0.15) is 52.2 Å². The van der Waals surface area contributed by atoms with Crippen molar-refractivity contribution in [2.24, 2.45) is 5.73 Å². The van der Waals surface area contributed by atoms with Crippen molar-refractivity contribution in [2.75, 3.05) is 0 Å². The second-order valence-corrected chi connectivity index (χ2v) is 6.16. The molecule has 24 heavy (non-hydrogen) atoms. The summed E-state index contributed by atoms with van der Waals surface area (Å²) in [4.78, 5) is 16.0. The summed E-state index contributed by atoms with van der Waals surface area (Å²) in [6.45, 7) is 7.65. The highest BCUT2D eigenvalue weighted by Gasteiger charge is 2.27. The van der Waals surface area contributed by atoms with Crippen molar-refractivity contribution in [3.05, 3.63) is 75.9 Å². The number of nitrogens with two attached hydrogens (primary N) is 1. The summed E-state index contributed by atoms with van der Waals surface area (Å²) in [5.41, 5.74) is 11.8. The average Bonchev–Trinajstić information content (AvgIpc) is 2.86. The molecule has 0 unspecified atom stereocenters. The first kappa shape index (κ1) is 16.1. The first-order valence-electron chi connectivity index (χ1n) is 7.80. The van der Waals surface area contributed by atoms with Crippen LogP contribution in [0.15, 0.2) is 36.5 Å². The number of allylic oxidation sites excluding steroid dienone is 2. The molecule has 1 heterocycles. The predicted octanol–water partition coefficient (Wildman–Crippen LogP) is 3.90. The standard InChI is InChI=1S/C20H19FN2O/c1-4-14-6-5-13(10-23-14)8-17-18(21)9-16(20(22)24)15-7-11(2)12(3)19(15)17/h4-6,9-10H,1,7-8H2,2-3H3,(H2,22,24). The first-order valence-corrected chi connectivity index (χ1v) is 7.80. The maximum Gasteiger partial charge on any atom is 0.249 e. The minimum atomic E-state index is -0.587. The van der Waals surface area contributed by atoms with Crippen LogP contribution in [0.2, 0.25) is 0 Å². The highest BCUT2D eigenvalue weighted by atomic mass is 19.1. The normalized spacial score (nSPS) is 13.1. The van der Waals surface area contributed by atoms with Crippen molar-refractivity contribution < 1.29 is 9.18 Å². The van der Waals surface area contributed by atoms with E-state index in [2.05, 4.69) is 11.6 Å². The summed E-state index contributed by atoms with van der Waals surface area (Å²) >= 11 is 0. The Morgan fingerprint density at radius 2 is 2.17 bits per heavy atom. The molecule has 1 aliphatic carbocycles. The number of carbonyl (C=O) groups excluding carboxylic acids is 1. The third-order valence-electron chi connectivity index (χ3n) is 4.65. The van der Waals surface area contributed by atoms with Crippen LogP contribution in [0.4, 0.5) is 4.39 Å². The van der Waals surface area contributed by atoms with Crippen LogP contribution in [-0.2, 0) is 12.8 Å². The van der Waals surface area contributed by atoms with Gasteiger partial charge in [-0.15, -0.1) is 0 Å². The highest BCUT2D eigenvalue weighted by Crippen LogP contribution is 2.38. The van der Waals surface area contributed by atoms with Crippen LogP contribution in [0.25, 0.3) is 11.6 Å². The SMILES string of the molecule is C=Cc1ccc(Cc2c(F)cc(C(N)=O)c3c2C(C)=C(C)C3)cn1. The quantitative estimate of drug-likeness (QED) is 0.928. The Kier molecular flexibility index (Phi) is 4.06. The molecule has 0 bridgehead atoms. The van der Waals surface area contributed by atoms with Crippen LogP contribution in [0.5, 0.6) is 0 Å². The molecule has 1 aromatic carbocycles. The number of primary amides is 1. The van der Waals surface area contributed by atoms with E-state index in [9.17, 15) is 9.18 Å². The molecule has 2 aromatic rings. The number of benzene rings is 1. The predicted molar refractivity (Wildman–Crippen MR) is 94.0 cm³/mol. The van der Waals surface area contributed by atoms with E-state index in [0.29, 0.717) is 18.4 Å². The van der Waals surface area contributed by atoms with E-state index in [-0.39, 0.29) is 5.56 Å². The number of pyridine rings is 1. The summed E-state index contributed by atoms with van der Waals surface area (Å²) in [6, 6.07) is 5.04. The van der Waals surface area contributed by atoms with Gasteiger partial charge in [0, 0.05) is 23.7 Å². The van der Waals surface area contributed by atoms with Crippen molar-refractivity contribution in [3.63, 3.8) is 0 Å². The van der Waals surface area contributed by atoms with E-state index in [0.717, 1.165) is 33.5 Å². The molecule has 1 amide bonds. The molecule has 0 aliphatic heterocycles. The number of carbonyl (C=O) groups is 1. The first-order chi connectivity index (χ1) is 11.4. The molecular weight excluding hydrogens is 303 g/mol. The van der Waals surface area contributed by atoms with E-state index in [1.165, 1.54) is 6.07 Å². The molecule has 2 N–H and O–H groups in total. The van der Waals surface area contributed by atoms with Gasteiger partial charge in [0.15, 0.2) is 0 Å². The molecular formula is C20H19FN2O. The van der Waals surface area contributed by atoms with Crippen LogP contribution in [-0.4, -0.2) is 10.9 Å². The second-order valence-electron chi connectivity index (χ2n) is 6.16. The number of halogens is 1. The van der Waals surface area contributed by atoms with Crippen molar-refractivity contribution in [2.45, 2.75) is 26.7 Å². The van der Waals surface area contributed by atoms with Crippen LogP contribution in [0.3, 0.4) is 0 Å². The monoisotopic (exact) mass is 322 g/mol. The fourth-order valence-corrected chi connectivity index (χ4v) is 3.24. The molecule has 122 valence electrons. The molecule has 0 radical (unpaired) electrons. The molecule has 3 rings (SSSR count). The van der Waals surface area contributed by atoms with Crippen molar-refractivity contribution >= 4 is 17.6 Å². The van der Waals surface area contributed by atoms with Gasteiger partial charge in [-0.2, -0.15) is 0 Å². The molecule has 1 aromatic heterocycles. The van der Waals surface area contributed by atoms with Gasteiger partial charge < -0.3 is 5.73 Å². The summed E-state index contributed by atoms with van der Waals surface area (Å²) in [5.74, 6) is -0.986. The van der Waals surface area contributed by atoms with Gasteiger partial charge in [-0.05, 0) is 60.7 Å². The van der Waals surface area contributed by atoms with E-state index in [1.54, 1.807) is 12.3 Å². The Balaban J connectivity index is 2.12. The summed E-state index contributed by atoms with van der Waals surface area (Å²) in [7, 11) is 0. The molecule has 0 atom stereocenters. The van der Waals surface area contributed by atoms with Gasteiger partial charge in [-0.3, -0.25) is 9.78 Å². The van der Waals surface area contributed by atoms with Crippen LogP contribution in [0, 0.1) is 5.82 Å². The minimum Gasteiger partial charge on any atom is -0.366 e. The van der Waals surface area contributed by atoms with Crippen LogP contribution < -0.4 is 5.73 Å². The number of hydrogen-bond acceptors (Lipinski definition) is 2. The Bertz CT molecular complexity index is 880. The number of amides is 1. The fourth-order valence-electron chi connectivity index (χ4n) is 3.24. The fraction of sp³-hybridized carbons (Fsp3) is 0.200. The number of rotatable bonds is 4. The van der Waals surface area contributed by atoms with E-state index in [4.69, 9.17) is 5.73 Å². The smallest absolute Gasteiger partial charge is 0.249 e. The van der Waals surface area contributed by atoms with E-state index >= 15 is 0 Å². The zero-order chi connectivity index (χ0) is 17.4. The van der Waals surface area contributed by atoms with Crippen molar-refractivity contribution in [1.29, 1.82) is 0 Å². The largest absolute Gasteiger partial charge is 0.366 e. The van der Waals surface area contributed by atoms with Gasteiger partial charge in [0.25, 0.3) is 0 Å². The summed E-state index contributed by atoms with van der Waals surface area (Å²) in [5, 5.41) is 0. The van der Waals surface area contributed by atoms with Crippen molar-refractivity contribution in [3.8, 4) is 0 Å². The number of hydrogen-bond donors (Lipinski definition) is 1. The Labute approximate surface area is 140 Å². The number of fused-ring (bicyclic) bond motifs is 1. The van der Waals surface area contributed by atoms with Gasteiger partial charge in [-0.1, -0.05) is 18.2 Å². The summed E-state index contributed by atoms with van der Waals surface area (Å²) < 4.78 is 14.7. The topological polar surface area (TPSA) is 56.0 Å². The molecule has 0 saturated heterocycles.